The minimum Gasteiger partial charge on any atom is -0.364 e. The van der Waals surface area contributed by atoms with Gasteiger partial charge in [-0.15, -0.1) is 11.3 Å². The lowest BCUT2D eigenvalue weighted by Crippen LogP contribution is -2.45. The number of sulfonamides is 1. The number of aromatic nitrogens is 1. The predicted octanol–water partition coefficient (Wildman–Crippen LogP) is 6.66. The molecule has 2 atom stereocenters. The van der Waals surface area contributed by atoms with Gasteiger partial charge in [-0.2, -0.15) is 4.31 Å². The van der Waals surface area contributed by atoms with Gasteiger partial charge in [0.25, 0.3) is 15.9 Å². The molecule has 7 nitrogen and oxygen atoms in total. The molecule has 0 aliphatic carbocycles. The van der Waals surface area contributed by atoms with Crippen molar-refractivity contribution in [3.63, 3.8) is 0 Å². The molecule has 2 aromatic carbocycles. The highest BCUT2D eigenvalue weighted by atomic mass is 35.5. The summed E-state index contributed by atoms with van der Waals surface area (Å²) in [6, 6.07) is 22.3. The van der Waals surface area contributed by atoms with Gasteiger partial charge in [0.15, 0.2) is 0 Å². The third-order valence-electron chi connectivity index (χ3n) is 7.00. The third kappa shape index (κ3) is 6.81. The molecule has 1 aliphatic rings. The first-order valence-corrected chi connectivity index (χ1v) is 15.9. The van der Waals surface area contributed by atoms with Crippen molar-refractivity contribution in [3.05, 3.63) is 99.9 Å². The first-order valence-electron chi connectivity index (χ1n) is 13.2. The average Bonchev–Trinajstić information content (AvgIpc) is 3.55. The summed E-state index contributed by atoms with van der Waals surface area (Å²) in [4.78, 5) is 18.0. The minimum atomic E-state index is -4.35. The van der Waals surface area contributed by atoms with Gasteiger partial charge in [0.2, 0.25) is 5.91 Å². The quantitative estimate of drug-likeness (QED) is 0.216. The van der Waals surface area contributed by atoms with E-state index in [9.17, 15) is 22.0 Å². The Morgan fingerprint density at radius 1 is 1.12 bits per heavy atom. The van der Waals surface area contributed by atoms with E-state index in [1.54, 1.807) is 6.07 Å². The van der Waals surface area contributed by atoms with E-state index >= 15 is 0 Å². The number of pyridine rings is 1. The standard InChI is InChI=1S/C30H29ClF2N4O3S2/c1-19-8-10-23(11-9-19)24-14-21(15-27(36-24)35-20(2)22-6-4-3-5-7-22)17-34-29(38)25-16-30(32,33)18-37(25)42(39,40)28-13-12-26(31)41-28/h3-15,20,25H,16-18H2,1-2H3,(H,34,38)(H,35,36)/t20?,25-/m0/s1. The van der Waals surface area contributed by atoms with Crippen LogP contribution in [-0.4, -0.2) is 42.1 Å². The van der Waals surface area contributed by atoms with Gasteiger partial charge in [0.1, 0.15) is 16.1 Å². The van der Waals surface area contributed by atoms with Crippen molar-refractivity contribution in [2.75, 3.05) is 11.9 Å². The Hall–Kier alpha value is -3.38. The second-order valence-electron chi connectivity index (χ2n) is 10.3. The van der Waals surface area contributed by atoms with E-state index < -0.39 is 40.9 Å². The summed E-state index contributed by atoms with van der Waals surface area (Å²) in [6.45, 7) is 2.89. The lowest BCUT2D eigenvalue weighted by molar-refractivity contribution is -0.124. The number of thiophene rings is 1. The molecule has 0 spiro atoms. The van der Waals surface area contributed by atoms with E-state index in [4.69, 9.17) is 16.6 Å². The first-order chi connectivity index (χ1) is 19.9. The highest BCUT2D eigenvalue weighted by molar-refractivity contribution is 7.91. The number of hydrogen-bond donors (Lipinski definition) is 2. The molecule has 42 heavy (non-hydrogen) atoms. The number of rotatable bonds is 9. The summed E-state index contributed by atoms with van der Waals surface area (Å²) in [5.74, 6) is -3.59. The second kappa shape index (κ2) is 12.1. The van der Waals surface area contributed by atoms with Crippen LogP contribution in [0, 0.1) is 6.92 Å². The van der Waals surface area contributed by atoms with Crippen LogP contribution < -0.4 is 10.6 Å². The van der Waals surface area contributed by atoms with Crippen molar-refractivity contribution in [3.8, 4) is 11.3 Å². The first kappa shape index (κ1) is 30.1. The second-order valence-corrected chi connectivity index (χ2v) is 14.1. The van der Waals surface area contributed by atoms with Crippen LogP contribution >= 0.6 is 22.9 Å². The fourth-order valence-electron chi connectivity index (χ4n) is 4.80. The predicted molar refractivity (Wildman–Crippen MR) is 161 cm³/mol. The smallest absolute Gasteiger partial charge is 0.263 e. The highest BCUT2D eigenvalue weighted by Gasteiger charge is 2.53. The third-order valence-corrected chi connectivity index (χ3v) is 10.6. The monoisotopic (exact) mass is 630 g/mol. The van der Waals surface area contributed by atoms with Crippen LogP contribution in [-0.2, 0) is 21.4 Å². The molecule has 220 valence electrons. The van der Waals surface area contributed by atoms with E-state index in [-0.39, 0.29) is 21.1 Å². The number of nitrogens with one attached hydrogen (secondary N) is 2. The van der Waals surface area contributed by atoms with E-state index in [0.29, 0.717) is 21.4 Å². The van der Waals surface area contributed by atoms with E-state index in [0.717, 1.165) is 28.0 Å². The van der Waals surface area contributed by atoms with Gasteiger partial charge in [-0.25, -0.2) is 22.2 Å². The molecule has 4 aromatic rings. The van der Waals surface area contributed by atoms with E-state index in [2.05, 4.69) is 10.6 Å². The highest BCUT2D eigenvalue weighted by Crippen LogP contribution is 2.38. The maximum atomic E-state index is 14.5. The number of anilines is 1. The molecule has 5 rings (SSSR count). The zero-order valence-corrected chi connectivity index (χ0v) is 25.2. The van der Waals surface area contributed by atoms with E-state index in [1.807, 2.05) is 74.5 Å². The van der Waals surface area contributed by atoms with Crippen LogP contribution in [0.25, 0.3) is 11.3 Å². The van der Waals surface area contributed by atoms with Crippen LogP contribution in [0.1, 0.15) is 36.1 Å². The van der Waals surface area contributed by atoms with Crippen LogP contribution in [0.3, 0.4) is 0 Å². The van der Waals surface area contributed by atoms with Crippen LogP contribution in [0.4, 0.5) is 14.6 Å². The van der Waals surface area contributed by atoms with Gasteiger partial charge in [0.05, 0.1) is 16.6 Å². The summed E-state index contributed by atoms with van der Waals surface area (Å²) in [7, 11) is -4.35. The molecule has 3 heterocycles. The molecular weight excluding hydrogens is 602 g/mol. The van der Waals surface area contributed by atoms with Crippen LogP contribution in [0.2, 0.25) is 4.34 Å². The molecule has 12 heteroatoms. The Morgan fingerprint density at radius 2 is 1.83 bits per heavy atom. The molecule has 1 fully saturated rings. The number of nitrogens with zero attached hydrogens (tertiary/aromatic N) is 2. The van der Waals surface area contributed by atoms with Crippen molar-refractivity contribution < 1.29 is 22.0 Å². The van der Waals surface area contributed by atoms with Gasteiger partial charge in [0, 0.05) is 24.6 Å². The number of carbonyl (C=O) groups excluding carboxylic acids is 1. The topological polar surface area (TPSA) is 91.4 Å². The van der Waals surface area contributed by atoms with Crippen molar-refractivity contribution >= 4 is 44.7 Å². The van der Waals surface area contributed by atoms with Gasteiger partial charge in [-0.3, -0.25) is 4.79 Å². The fraction of sp³-hybridized carbons (Fsp3) is 0.267. The summed E-state index contributed by atoms with van der Waals surface area (Å²) in [5.41, 5.74) is 4.35. The molecule has 0 radical (unpaired) electrons. The van der Waals surface area contributed by atoms with Crippen LogP contribution in [0.5, 0.6) is 0 Å². The largest absolute Gasteiger partial charge is 0.364 e. The molecule has 1 unspecified atom stereocenters. The number of benzene rings is 2. The van der Waals surface area contributed by atoms with Gasteiger partial charge in [-0.1, -0.05) is 71.8 Å². The summed E-state index contributed by atoms with van der Waals surface area (Å²) >= 11 is 6.64. The molecule has 2 aromatic heterocycles. The SMILES string of the molecule is Cc1ccc(-c2cc(CNC(=O)[C@@H]3CC(F)(F)CN3S(=O)(=O)c3ccc(Cl)s3)cc(NC(C)c3ccccc3)n2)cc1. The lowest BCUT2D eigenvalue weighted by atomic mass is 10.1. The Labute approximate surface area is 252 Å². The fourth-order valence-corrected chi connectivity index (χ4v) is 8.03. The van der Waals surface area contributed by atoms with Gasteiger partial charge in [-0.05, 0) is 49.2 Å². The Kier molecular flexibility index (Phi) is 8.66. The normalized spacial score (nSPS) is 17.6. The zero-order valence-electron chi connectivity index (χ0n) is 22.9. The number of halogens is 3. The van der Waals surface area contributed by atoms with Gasteiger partial charge >= 0.3 is 0 Å². The molecule has 2 N–H and O–H groups in total. The number of amides is 1. The molecule has 1 amide bonds. The number of hydrogen-bond acceptors (Lipinski definition) is 6. The molecular formula is C30H29ClF2N4O3S2. The van der Waals surface area contributed by atoms with E-state index in [1.165, 1.54) is 12.1 Å². The molecule has 1 aliphatic heterocycles. The molecule has 1 saturated heterocycles. The lowest BCUT2D eigenvalue weighted by Gasteiger charge is -2.22. The van der Waals surface area contributed by atoms with Crippen molar-refractivity contribution in [1.82, 2.24) is 14.6 Å². The zero-order chi connectivity index (χ0) is 30.1. The van der Waals surface area contributed by atoms with Gasteiger partial charge < -0.3 is 10.6 Å². The summed E-state index contributed by atoms with van der Waals surface area (Å²) in [5, 5.41) is 6.08. The number of aryl methyl sites for hydroxylation is 1. The number of alkyl halides is 2. The maximum absolute atomic E-state index is 14.5. The summed E-state index contributed by atoms with van der Waals surface area (Å²) < 4.78 is 55.9. The Balaban J connectivity index is 1.39. The molecule has 0 saturated carbocycles. The molecule has 0 bridgehead atoms. The van der Waals surface area contributed by atoms with Crippen molar-refractivity contribution in [2.45, 2.75) is 49.0 Å². The summed E-state index contributed by atoms with van der Waals surface area (Å²) in [6.07, 6.45) is -0.913. The van der Waals surface area contributed by atoms with Crippen molar-refractivity contribution in [2.24, 2.45) is 0 Å². The Bertz CT molecular complexity index is 1680. The Morgan fingerprint density at radius 3 is 2.50 bits per heavy atom. The maximum Gasteiger partial charge on any atom is 0.263 e. The minimum absolute atomic E-state index is 0.0185. The van der Waals surface area contributed by atoms with Crippen LogP contribution in [0.15, 0.2) is 83.1 Å². The number of carbonyl (C=O) groups is 1. The van der Waals surface area contributed by atoms with Crippen molar-refractivity contribution in [1.29, 1.82) is 0 Å². The average molecular weight is 631 g/mol.